The van der Waals surface area contributed by atoms with E-state index in [-0.39, 0.29) is 11.9 Å². The molecule has 120 valence electrons. The summed E-state index contributed by atoms with van der Waals surface area (Å²) >= 11 is 0. The summed E-state index contributed by atoms with van der Waals surface area (Å²) in [6, 6.07) is 8.23. The lowest BCUT2D eigenvalue weighted by molar-refractivity contribution is -0.125. The molecule has 0 radical (unpaired) electrons. The van der Waals surface area contributed by atoms with Crippen LogP contribution in [0.3, 0.4) is 0 Å². The van der Waals surface area contributed by atoms with Gasteiger partial charge in [-0.05, 0) is 43.4 Å². The van der Waals surface area contributed by atoms with Crippen molar-refractivity contribution in [1.29, 1.82) is 0 Å². The lowest BCUT2D eigenvalue weighted by atomic mass is 9.83. The van der Waals surface area contributed by atoms with Crippen LogP contribution in [0.5, 0.6) is 0 Å². The number of rotatable bonds is 4. The largest absolute Gasteiger partial charge is 0.353 e. The van der Waals surface area contributed by atoms with Gasteiger partial charge in [0.05, 0.1) is 0 Å². The van der Waals surface area contributed by atoms with Crippen molar-refractivity contribution in [2.45, 2.75) is 36.5 Å². The van der Waals surface area contributed by atoms with Crippen molar-refractivity contribution in [2.75, 3.05) is 19.3 Å². The van der Waals surface area contributed by atoms with Crippen molar-refractivity contribution in [2.24, 2.45) is 0 Å². The number of hydrogen-bond acceptors (Lipinski definition) is 4. The van der Waals surface area contributed by atoms with E-state index >= 15 is 0 Å². The molecule has 0 spiro atoms. The second-order valence-corrected chi connectivity index (χ2v) is 8.61. The molecule has 0 bridgehead atoms. The van der Waals surface area contributed by atoms with E-state index in [1.165, 1.54) is 17.4 Å². The average molecular weight is 322 g/mol. The molecule has 1 aromatic carbocycles. The van der Waals surface area contributed by atoms with Crippen molar-refractivity contribution in [3.05, 3.63) is 35.4 Å². The molecule has 5 nitrogen and oxygen atoms in total. The Hall–Kier alpha value is -1.40. The first-order chi connectivity index (χ1) is 10.4. The van der Waals surface area contributed by atoms with Gasteiger partial charge in [-0.2, -0.15) is 0 Å². The number of hydrogen-bond donors (Lipinski definition) is 2. The van der Waals surface area contributed by atoms with E-state index in [4.69, 9.17) is 0 Å². The number of nitrogens with one attached hydrogen (secondary N) is 2. The number of sulfone groups is 1. The molecule has 6 heteroatoms. The monoisotopic (exact) mass is 322 g/mol. The van der Waals surface area contributed by atoms with Crippen LogP contribution in [0.2, 0.25) is 0 Å². The Bertz CT molecular complexity index is 680. The molecule has 1 heterocycles. The maximum atomic E-state index is 12.4. The summed E-state index contributed by atoms with van der Waals surface area (Å²) in [6.45, 7) is 1.29. The molecule has 2 N–H and O–H groups in total. The minimum absolute atomic E-state index is 0.0468. The maximum absolute atomic E-state index is 12.4. The Labute approximate surface area is 131 Å². The van der Waals surface area contributed by atoms with Gasteiger partial charge in [0.2, 0.25) is 5.91 Å². The van der Waals surface area contributed by atoms with Crippen LogP contribution in [0, 0.1) is 0 Å². The Balaban J connectivity index is 1.70. The second-order valence-electron chi connectivity index (χ2n) is 6.29. The van der Waals surface area contributed by atoms with Crippen LogP contribution in [0.1, 0.15) is 36.4 Å². The highest BCUT2D eigenvalue weighted by Gasteiger charge is 2.52. The molecule has 0 saturated heterocycles. The van der Waals surface area contributed by atoms with Gasteiger partial charge in [-0.1, -0.05) is 24.3 Å². The minimum atomic E-state index is -3.37. The molecule has 1 aliphatic carbocycles. The van der Waals surface area contributed by atoms with Crippen LogP contribution in [-0.2, 0) is 21.1 Å². The molecule has 1 saturated carbocycles. The van der Waals surface area contributed by atoms with Gasteiger partial charge in [-0.25, -0.2) is 8.42 Å². The summed E-state index contributed by atoms with van der Waals surface area (Å²) in [7, 11) is -3.37. The fourth-order valence-corrected chi connectivity index (χ4v) is 4.83. The van der Waals surface area contributed by atoms with Crippen LogP contribution in [0.4, 0.5) is 0 Å². The van der Waals surface area contributed by atoms with Gasteiger partial charge in [0.15, 0.2) is 9.84 Å². The minimum Gasteiger partial charge on any atom is -0.353 e. The fourth-order valence-electron chi connectivity index (χ4n) is 3.39. The predicted molar refractivity (Wildman–Crippen MR) is 85.3 cm³/mol. The Morgan fingerprint density at radius 2 is 2.09 bits per heavy atom. The molecule has 1 amide bonds. The molecule has 1 atom stereocenters. The third-order valence-electron chi connectivity index (χ3n) is 4.97. The highest BCUT2D eigenvalue weighted by Crippen LogP contribution is 2.39. The van der Waals surface area contributed by atoms with Gasteiger partial charge in [-0.15, -0.1) is 0 Å². The van der Waals surface area contributed by atoms with Crippen molar-refractivity contribution >= 4 is 15.7 Å². The molecule has 3 rings (SSSR count). The van der Waals surface area contributed by atoms with Crippen LogP contribution in [0.15, 0.2) is 24.3 Å². The first kappa shape index (κ1) is 15.5. The third-order valence-corrected chi connectivity index (χ3v) is 6.98. The van der Waals surface area contributed by atoms with Crippen molar-refractivity contribution in [1.82, 2.24) is 10.6 Å². The van der Waals surface area contributed by atoms with E-state index < -0.39 is 14.6 Å². The van der Waals surface area contributed by atoms with E-state index in [9.17, 15) is 13.2 Å². The molecular formula is C16H22N2O3S. The number of carbonyl (C=O) groups excluding carboxylic acids is 1. The maximum Gasteiger partial charge on any atom is 0.241 e. The third kappa shape index (κ3) is 2.54. The zero-order chi connectivity index (χ0) is 15.8. The first-order valence-electron chi connectivity index (χ1n) is 7.73. The van der Waals surface area contributed by atoms with Gasteiger partial charge >= 0.3 is 0 Å². The quantitative estimate of drug-likeness (QED) is 0.866. The van der Waals surface area contributed by atoms with Crippen LogP contribution >= 0.6 is 0 Å². The standard InChI is InChI=1S/C16H22N2O3S/c1-22(20,21)16(8-4-9-16)15(19)18-11-14-13-6-3-2-5-12(13)7-10-17-14/h2-3,5-6,14,17H,4,7-11H2,1H3,(H,18,19). The summed E-state index contributed by atoms with van der Waals surface area (Å²) in [4.78, 5) is 12.4. The van der Waals surface area contributed by atoms with Gasteiger partial charge in [0.1, 0.15) is 4.75 Å². The second kappa shape index (κ2) is 5.66. The van der Waals surface area contributed by atoms with Crippen LogP contribution < -0.4 is 10.6 Å². The highest BCUT2D eigenvalue weighted by atomic mass is 32.2. The SMILES string of the molecule is CS(=O)(=O)C1(C(=O)NCC2NCCc3ccccc32)CCC1. The zero-order valence-corrected chi connectivity index (χ0v) is 13.6. The summed E-state index contributed by atoms with van der Waals surface area (Å²) in [5, 5.41) is 6.25. The Kier molecular flexibility index (Phi) is 3.99. The van der Waals surface area contributed by atoms with Crippen molar-refractivity contribution in [3.63, 3.8) is 0 Å². The topological polar surface area (TPSA) is 75.3 Å². The Morgan fingerprint density at radius 1 is 1.36 bits per heavy atom. The molecule has 1 fully saturated rings. The van der Waals surface area contributed by atoms with Crippen molar-refractivity contribution in [3.8, 4) is 0 Å². The lowest BCUT2D eigenvalue weighted by Crippen LogP contribution is -2.57. The highest BCUT2D eigenvalue weighted by molar-refractivity contribution is 7.93. The predicted octanol–water partition coefficient (Wildman–Crippen LogP) is 0.957. The summed E-state index contributed by atoms with van der Waals surface area (Å²) in [5.41, 5.74) is 2.48. The number of amides is 1. The van der Waals surface area contributed by atoms with Gasteiger partial charge in [-0.3, -0.25) is 4.79 Å². The summed E-state index contributed by atoms with van der Waals surface area (Å²) in [6.07, 6.45) is 3.82. The van der Waals surface area contributed by atoms with Gasteiger partial charge in [0.25, 0.3) is 0 Å². The molecule has 22 heavy (non-hydrogen) atoms. The van der Waals surface area contributed by atoms with Gasteiger partial charge < -0.3 is 10.6 Å². The number of carbonyl (C=O) groups is 1. The Morgan fingerprint density at radius 3 is 2.73 bits per heavy atom. The van der Waals surface area contributed by atoms with Crippen molar-refractivity contribution < 1.29 is 13.2 Å². The fraction of sp³-hybridized carbons (Fsp3) is 0.562. The summed E-state index contributed by atoms with van der Waals surface area (Å²) in [5.74, 6) is -0.342. The van der Waals surface area contributed by atoms with Gasteiger partial charge in [0, 0.05) is 18.8 Å². The van der Waals surface area contributed by atoms with E-state index in [0.717, 1.165) is 19.4 Å². The summed E-state index contributed by atoms with van der Waals surface area (Å²) < 4.78 is 22.7. The normalized spacial score (nSPS) is 23.2. The van der Waals surface area contributed by atoms with E-state index in [0.29, 0.717) is 19.4 Å². The van der Waals surface area contributed by atoms with Crippen LogP contribution in [0.25, 0.3) is 0 Å². The van der Waals surface area contributed by atoms with E-state index in [1.54, 1.807) is 0 Å². The average Bonchev–Trinajstić information content (AvgIpc) is 2.42. The molecule has 0 aromatic heterocycles. The first-order valence-corrected chi connectivity index (χ1v) is 9.62. The smallest absolute Gasteiger partial charge is 0.241 e. The molecule has 1 aliphatic heterocycles. The molecular weight excluding hydrogens is 300 g/mol. The molecule has 2 aliphatic rings. The molecule has 1 unspecified atom stereocenters. The molecule has 1 aromatic rings. The van der Waals surface area contributed by atoms with E-state index in [2.05, 4.69) is 22.8 Å². The van der Waals surface area contributed by atoms with Crippen LogP contribution in [-0.4, -0.2) is 38.4 Å². The number of fused-ring (bicyclic) bond motifs is 1. The van der Waals surface area contributed by atoms with E-state index in [1.807, 2.05) is 12.1 Å². The lowest BCUT2D eigenvalue weighted by Gasteiger charge is -2.38. The zero-order valence-electron chi connectivity index (χ0n) is 12.8. The number of benzene rings is 1.